The van der Waals surface area contributed by atoms with Crippen molar-refractivity contribution in [3.05, 3.63) is 58.1 Å². The van der Waals surface area contributed by atoms with Gasteiger partial charge in [0.05, 0.1) is 28.2 Å². The van der Waals surface area contributed by atoms with Crippen LogP contribution in [0.5, 0.6) is 0 Å². The summed E-state index contributed by atoms with van der Waals surface area (Å²) in [5.41, 5.74) is 11.1. The van der Waals surface area contributed by atoms with Gasteiger partial charge in [0.1, 0.15) is 5.54 Å². The van der Waals surface area contributed by atoms with Gasteiger partial charge in [0.25, 0.3) is 0 Å². The fourth-order valence-electron chi connectivity index (χ4n) is 5.41. The Kier molecular flexibility index (Phi) is 4.78. The fourth-order valence-corrected chi connectivity index (χ4v) is 5.74. The second-order valence-electron chi connectivity index (χ2n) is 8.78. The average molecular weight is 482 g/mol. The maximum absolute atomic E-state index is 13.8. The Hall–Kier alpha value is -3.76. The monoisotopic (exact) mass is 481 g/mol. The van der Waals surface area contributed by atoms with E-state index in [2.05, 4.69) is 10.6 Å². The summed E-state index contributed by atoms with van der Waals surface area (Å²) in [7, 11) is 0. The van der Waals surface area contributed by atoms with Crippen LogP contribution < -0.4 is 27.0 Å². The molecule has 5 rings (SSSR count). The van der Waals surface area contributed by atoms with E-state index in [9.17, 15) is 24.0 Å². The number of carbonyl (C=O) groups excluding carboxylic acids is 5. The molecule has 174 valence electrons. The quantitative estimate of drug-likeness (QED) is 0.465. The summed E-state index contributed by atoms with van der Waals surface area (Å²) < 4.78 is 0. The third-order valence-corrected chi connectivity index (χ3v) is 7.05. The SMILES string of the molecule is Cc1cc(Cl)c2c(c1)[C@]1(N[C@H](CC(N)=O)[C@H]3C(=O)N(c4ccc(C(N)=O)cc4)C(=O)[C@H]31)C(=O)N2. The summed E-state index contributed by atoms with van der Waals surface area (Å²) in [5, 5.41) is 6.15. The minimum absolute atomic E-state index is 0.210. The molecule has 3 aliphatic rings. The number of imide groups is 1. The summed E-state index contributed by atoms with van der Waals surface area (Å²) >= 11 is 6.38. The van der Waals surface area contributed by atoms with E-state index in [0.29, 0.717) is 16.3 Å². The molecule has 34 heavy (non-hydrogen) atoms. The van der Waals surface area contributed by atoms with Crippen molar-refractivity contribution >= 4 is 52.5 Å². The molecule has 2 aromatic carbocycles. The van der Waals surface area contributed by atoms with Gasteiger partial charge < -0.3 is 16.8 Å². The highest BCUT2D eigenvalue weighted by Crippen LogP contribution is 2.55. The average Bonchev–Trinajstić information content (AvgIpc) is 3.33. The topological polar surface area (TPSA) is 165 Å². The van der Waals surface area contributed by atoms with Gasteiger partial charge in [-0.2, -0.15) is 0 Å². The third kappa shape index (κ3) is 2.88. The molecule has 0 bridgehead atoms. The van der Waals surface area contributed by atoms with E-state index >= 15 is 0 Å². The summed E-state index contributed by atoms with van der Waals surface area (Å²) in [4.78, 5) is 65.0. The lowest BCUT2D eigenvalue weighted by Crippen LogP contribution is -2.53. The van der Waals surface area contributed by atoms with E-state index in [4.69, 9.17) is 23.1 Å². The van der Waals surface area contributed by atoms with Crippen molar-refractivity contribution in [3.8, 4) is 0 Å². The smallest absolute Gasteiger partial charge is 0.250 e. The van der Waals surface area contributed by atoms with E-state index in [-0.39, 0.29) is 17.7 Å². The zero-order chi connectivity index (χ0) is 24.5. The molecule has 2 aromatic rings. The highest BCUT2D eigenvalue weighted by molar-refractivity contribution is 6.35. The van der Waals surface area contributed by atoms with Crippen molar-refractivity contribution in [2.45, 2.75) is 24.9 Å². The molecule has 2 saturated heterocycles. The predicted octanol–water partition coefficient (Wildman–Crippen LogP) is 0.548. The predicted molar refractivity (Wildman–Crippen MR) is 122 cm³/mol. The van der Waals surface area contributed by atoms with Crippen molar-refractivity contribution in [2.75, 3.05) is 10.2 Å². The molecule has 1 spiro atoms. The van der Waals surface area contributed by atoms with E-state index in [1.807, 2.05) is 0 Å². The van der Waals surface area contributed by atoms with Gasteiger partial charge in [-0.1, -0.05) is 17.7 Å². The van der Waals surface area contributed by atoms with E-state index in [0.717, 1.165) is 10.5 Å². The molecule has 10 nitrogen and oxygen atoms in total. The molecule has 4 atom stereocenters. The molecule has 6 N–H and O–H groups in total. The Labute approximate surface area is 198 Å². The molecule has 3 aliphatic heterocycles. The second-order valence-corrected chi connectivity index (χ2v) is 9.19. The van der Waals surface area contributed by atoms with Crippen LogP contribution in [0.15, 0.2) is 36.4 Å². The Balaban J connectivity index is 1.66. The largest absolute Gasteiger partial charge is 0.370 e. The lowest BCUT2D eigenvalue weighted by Gasteiger charge is -2.29. The van der Waals surface area contributed by atoms with Crippen LogP contribution in [0, 0.1) is 18.8 Å². The van der Waals surface area contributed by atoms with Crippen LogP contribution in [-0.2, 0) is 24.7 Å². The number of halogens is 1. The number of nitrogens with zero attached hydrogens (tertiary/aromatic N) is 1. The number of anilines is 2. The standard InChI is InChI=1S/C23H20ClN5O5/c1-9-6-12-18(13(24)7-9)27-22(34)23(12)17-16(14(28-23)8-15(25)30)20(32)29(21(17)33)11-4-2-10(3-5-11)19(26)31/h2-7,14,16-17,28H,8H2,1H3,(H2,25,30)(H2,26,31)(H,27,34)/t14-,16-,17+,23-/m1/s1. The van der Waals surface area contributed by atoms with Crippen LogP contribution in [0.25, 0.3) is 0 Å². The Bertz CT molecular complexity index is 1310. The minimum atomic E-state index is -1.61. The molecule has 0 unspecified atom stereocenters. The van der Waals surface area contributed by atoms with Crippen LogP contribution in [0.4, 0.5) is 11.4 Å². The third-order valence-electron chi connectivity index (χ3n) is 6.75. The molecule has 11 heteroatoms. The van der Waals surface area contributed by atoms with Crippen molar-refractivity contribution in [3.63, 3.8) is 0 Å². The molecule has 3 heterocycles. The van der Waals surface area contributed by atoms with Crippen molar-refractivity contribution in [1.29, 1.82) is 0 Å². The van der Waals surface area contributed by atoms with Crippen LogP contribution in [0.2, 0.25) is 5.02 Å². The number of rotatable bonds is 4. The van der Waals surface area contributed by atoms with Crippen molar-refractivity contribution in [1.82, 2.24) is 5.32 Å². The number of nitrogens with one attached hydrogen (secondary N) is 2. The van der Waals surface area contributed by atoms with E-state index in [1.165, 1.54) is 24.3 Å². The van der Waals surface area contributed by atoms with Gasteiger partial charge in [-0.05, 0) is 42.8 Å². The van der Waals surface area contributed by atoms with Crippen molar-refractivity contribution in [2.24, 2.45) is 23.3 Å². The summed E-state index contributed by atoms with van der Waals surface area (Å²) in [6, 6.07) is 8.24. The zero-order valence-corrected chi connectivity index (χ0v) is 18.7. The van der Waals surface area contributed by atoms with Crippen LogP contribution in [0.1, 0.15) is 27.9 Å². The number of fused-ring (bicyclic) bond motifs is 4. The molecular formula is C23H20ClN5O5. The maximum atomic E-state index is 13.8. The first-order chi connectivity index (χ1) is 16.1. The zero-order valence-electron chi connectivity index (χ0n) is 17.9. The highest BCUT2D eigenvalue weighted by atomic mass is 35.5. The lowest BCUT2D eigenvalue weighted by molar-refractivity contribution is -0.130. The van der Waals surface area contributed by atoms with Gasteiger partial charge in [-0.3, -0.25) is 29.3 Å². The highest BCUT2D eigenvalue weighted by Gasteiger charge is 2.71. The molecule has 0 saturated carbocycles. The number of aryl methyl sites for hydroxylation is 1. The minimum Gasteiger partial charge on any atom is -0.370 e. The van der Waals surface area contributed by atoms with Crippen LogP contribution >= 0.6 is 11.6 Å². The van der Waals surface area contributed by atoms with Crippen molar-refractivity contribution < 1.29 is 24.0 Å². The molecule has 0 aliphatic carbocycles. The number of carbonyl (C=O) groups is 5. The van der Waals surface area contributed by atoms with Gasteiger partial charge in [0, 0.05) is 23.6 Å². The van der Waals surface area contributed by atoms with Gasteiger partial charge in [0.15, 0.2) is 0 Å². The first kappa shape index (κ1) is 22.1. The first-order valence-corrected chi connectivity index (χ1v) is 10.9. The Morgan fingerprint density at radius 1 is 1.09 bits per heavy atom. The van der Waals surface area contributed by atoms with Gasteiger partial charge in [-0.25, -0.2) is 4.90 Å². The maximum Gasteiger partial charge on any atom is 0.250 e. The molecule has 2 fully saturated rings. The number of benzene rings is 2. The van der Waals surface area contributed by atoms with Gasteiger partial charge in [0.2, 0.25) is 29.5 Å². The van der Waals surface area contributed by atoms with Crippen LogP contribution in [0.3, 0.4) is 0 Å². The Morgan fingerprint density at radius 3 is 2.38 bits per heavy atom. The van der Waals surface area contributed by atoms with E-state index < -0.39 is 53.0 Å². The number of hydrogen-bond donors (Lipinski definition) is 4. The molecule has 0 aromatic heterocycles. The molecule has 0 radical (unpaired) electrons. The summed E-state index contributed by atoms with van der Waals surface area (Å²) in [5.74, 6) is -5.22. The van der Waals surface area contributed by atoms with E-state index in [1.54, 1.807) is 19.1 Å². The van der Waals surface area contributed by atoms with Crippen LogP contribution in [-0.4, -0.2) is 35.6 Å². The fraction of sp³-hybridized carbons (Fsp3) is 0.261. The number of primary amides is 2. The lowest BCUT2D eigenvalue weighted by atomic mass is 9.76. The summed E-state index contributed by atoms with van der Waals surface area (Å²) in [6.45, 7) is 1.80. The van der Waals surface area contributed by atoms with Gasteiger partial charge >= 0.3 is 0 Å². The Morgan fingerprint density at radius 2 is 1.76 bits per heavy atom. The summed E-state index contributed by atoms with van der Waals surface area (Å²) in [6.07, 6.45) is -0.251. The number of hydrogen-bond acceptors (Lipinski definition) is 6. The normalized spacial score (nSPS) is 27.2. The number of nitrogens with two attached hydrogens (primary N) is 2. The van der Waals surface area contributed by atoms with Gasteiger partial charge in [-0.15, -0.1) is 0 Å². The first-order valence-electron chi connectivity index (χ1n) is 10.5. The molecular weight excluding hydrogens is 462 g/mol. The number of amides is 5. The second kappa shape index (κ2) is 7.37. The molecule has 5 amide bonds.